The first-order valence-electron chi connectivity index (χ1n) is 10.5. The van der Waals surface area contributed by atoms with Gasteiger partial charge in [0.05, 0.1) is 24.0 Å². The van der Waals surface area contributed by atoms with E-state index in [1.165, 1.54) is 0 Å². The first-order valence-corrected chi connectivity index (χ1v) is 10.5. The summed E-state index contributed by atoms with van der Waals surface area (Å²) >= 11 is 0. The van der Waals surface area contributed by atoms with Gasteiger partial charge < -0.3 is 25.5 Å². The first-order chi connectivity index (χ1) is 15.0. The van der Waals surface area contributed by atoms with Crippen LogP contribution in [0.1, 0.15) is 25.5 Å². The predicted octanol–water partition coefficient (Wildman–Crippen LogP) is 1.82. The van der Waals surface area contributed by atoms with Gasteiger partial charge in [0, 0.05) is 42.9 Å². The Labute approximate surface area is 181 Å². The molecule has 4 rings (SSSR count). The number of hydrogen-bond acceptors (Lipinski definition) is 7. The van der Waals surface area contributed by atoms with Crippen molar-refractivity contribution in [2.45, 2.75) is 31.9 Å². The van der Waals surface area contributed by atoms with E-state index in [4.69, 9.17) is 10.5 Å². The SMILES string of the molecule is COCCn1cc(-c2ccnc(N)n2)c2cc(C#CC(C)(O)C3CCNCC3)ncc21. The normalized spacial score (nSPS) is 16.6. The number of fused-ring (bicyclic) bond motifs is 1. The zero-order valence-electron chi connectivity index (χ0n) is 17.9. The number of nitrogens with two attached hydrogens (primary N) is 1. The van der Waals surface area contributed by atoms with E-state index in [0.717, 1.165) is 48.1 Å². The van der Waals surface area contributed by atoms with Gasteiger partial charge in [0.15, 0.2) is 0 Å². The molecule has 1 saturated heterocycles. The summed E-state index contributed by atoms with van der Waals surface area (Å²) in [6.07, 6.45) is 7.30. The van der Waals surface area contributed by atoms with Gasteiger partial charge in [-0.05, 0) is 50.9 Å². The summed E-state index contributed by atoms with van der Waals surface area (Å²) < 4.78 is 7.33. The first kappa shape index (κ1) is 21.2. The van der Waals surface area contributed by atoms with E-state index >= 15 is 0 Å². The van der Waals surface area contributed by atoms with Gasteiger partial charge in [0.1, 0.15) is 11.3 Å². The van der Waals surface area contributed by atoms with Crippen molar-refractivity contribution in [1.82, 2.24) is 24.8 Å². The van der Waals surface area contributed by atoms with Crippen molar-refractivity contribution in [2.75, 3.05) is 32.5 Å². The largest absolute Gasteiger partial charge is 0.383 e. The Morgan fingerprint density at radius 3 is 2.90 bits per heavy atom. The Balaban J connectivity index is 1.73. The Bertz CT molecular complexity index is 1120. The minimum Gasteiger partial charge on any atom is -0.383 e. The Morgan fingerprint density at radius 1 is 1.35 bits per heavy atom. The fraction of sp³-hybridized carbons (Fsp3) is 0.435. The Hall–Kier alpha value is -2.99. The zero-order valence-corrected chi connectivity index (χ0v) is 17.9. The molecule has 0 amide bonds. The van der Waals surface area contributed by atoms with E-state index in [1.54, 1.807) is 20.2 Å². The number of aliphatic hydroxyl groups is 1. The number of rotatable bonds is 5. The van der Waals surface area contributed by atoms with Crippen LogP contribution >= 0.6 is 0 Å². The second-order valence-electron chi connectivity index (χ2n) is 8.04. The maximum Gasteiger partial charge on any atom is 0.220 e. The summed E-state index contributed by atoms with van der Waals surface area (Å²) in [6.45, 7) is 4.88. The maximum absolute atomic E-state index is 10.9. The highest BCUT2D eigenvalue weighted by Crippen LogP contribution is 2.30. The predicted molar refractivity (Wildman–Crippen MR) is 120 cm³/mol. The number of anilines is 1. The molecule has 3 aromatic rings. The van der Waals surface area contributed by atoms with Crippen molar-refractivity contribution in [2.24, 2.45) is 5.92 Å². The van der Waals surface area contributed by atoms with Crippen molar-refractivity contribution in [3.05, 3.63) is 36.4 Å². The molecule has 4 heterocycles. The lowest BCUT2D eigenvalue weighted by Crippen LogP contribution is -2.40. The molecule has 3 aromatic heterocycles. The van der Waals surface area contributed by atoms with Crippen molar-refractivity contribution < 1.29 is 9.84 Å². The molecule has 8 heteroatoms. The fourth-order valence-electron chi connectivity index (χ4n) is 4.04. The van der Waals surface area contributed by atoms with Crippen LogP contribution in [0.3, 0.4) is 0 Å². The zero-order chi connectivity index (χ0) is 21.8. The van der Waals surface area contributed by atoms with Crippen LogP contribution in [0.4, 0.5) is 5.95 Å². The number of ether oxygens (including phenoxy) is 1. The van der Waals surface area contributed by atoms with Crippen LogP contribution in [-0.4, -0.2) is 57.0 Å². The molecule has 1 aliphatic rings. The molecule has 31 heavy (non-hydrogen) atoms. The fourth-order valence-corrected chi connectivity index (χ4v) is 4.04. The standard InChI is InChI=1S/C23H28N6O2/c1-23(30,16-4-8-25-9-5-16)7-3-17-13-18-19(20-6-10-26-22(24)28-20)15-29(11-12-31-2)21(18)14-27-17/h6,10,13-16,25,30H,4-5,8-9,11-12H2,1-2H3,(H2,24,26,28). The van der Waals surface area contributed by atoms with E-state index in [2.05, 4.69) is 36.7 Å². The smallest absolute Gasteiger partial charge is 0.220 e. The van der Waals surface area contributed by atoms with Gasteiger partial charge >= 0.3 is 0 Å². The lowest BCUT2D eigenvalue weighted by Gasteiger charge is -2.31. The molecule has 8 nitrogen and oxygen atoms in total. The molecule has 1 aliphatic heterocycles. The highest BCUT2D eigenvalue weighted by atomic mass is 16.5. The molecule has 0 radical (unpaired) electrons. The van der Waals surface area contributed by atoms with Crippen molar-refractivity contribution in [3.8, 4) is 23.1 Å². The second-order valence-corrected chi connectivity index (χ2v) is 8.04. The number of nitrogens with zero attached hydrogens (tertiary/aromatic N) is 4. The summed E-state index contributed by atoms with van der Waals surface area (Å²) in [5.41, 5.74) is 7.99. The third kappa shape index (κ3) is 4.69. The van der Waals surface area contributed by atoms with Crippen LogP contribution < -0.4 is 11.1 Å². The van der Waals surface area contributed by atoms with Gasteiger partial charge in [-0.3, -0.25) is 0 Å². The van der Waals surface area contributed by atoms with Gasteiger partial charge in [-0.25, -0.2) is 15.0 Å². The summed E-state index contributed by atoms with van der Waals surface area (Å²) in [5, 5.41) is 15.2. The molecule has 1 unspecified atom stereocenters. The minimum absolute atomic E-state index is 0.152. The van der Waals surface area contributed by atoms with E-state index in [1.807, 2.05) is 24.5 Å². The van der Waals surface area contributed by atoms with E-state index in [-0.39, 0.29) is 11.9 Å². The van der Waals surface area contributed by atoms with E-state index in [0.29, 0.717) is 18.8 Å². The summed E-state index contributed by atoms with van der Waals surface area (Å²) in [7, 11) is 1.68. The van der Waals surface area contributed by atoms with Crippen LogP contribution in [0.5, 0.6) is 0 Å². The molecule has 1 atom stereocenters. The molecule has 162 valence electrons. The summed E-state index contributed by atoms with van der Waals surface area (Å²) in [4.78, 5) is 12.9. The molecule has 0 aromatic carbocycles. The number of nitrogen functional groups attached to an aromatic ring is 1. The van der Waals surface area contributed by atoms with Crippen LogP contribution in [0.25, 0.3) is 22.2 Å². The highest BCUT2D eigenvalue weighted by molar-refractivity contribution is 5.95. The van der Waals surface area contributed by atoms with Crippen LogP contribution in [0.15, 0.2) is 30.7 Å². The van der Waals surface area contributed by atoms with Gasteiger partial charge in [-0.1, -0.05) is 5.92 Å². The number of nitrogens with one attached hydrogen (secondary N) is 1. The third-order valence-electron chi connectivity index (χ3n) is 5.83. The Morgan fingerprint density at radius 2 is 2.16 bits per heavy atom. The molecular weight excluding hydrogens is 392 g/mol. The summed E-state index contributed by atoms with van der Waals surface area (Å²) in [5.74, 6) is 6.53. The molecule has 4 N–H and O–H groups in total. The molecular formula is C23H28N6O2. The maximum atomic E-state index is 10.9. The number of hydrogen-bond donors (Lipinski definition) is 3. The monoisotopic (exact) mass is 420 g/mol. The number of methoxy groups -OCH3 is 1. The third-order valence-corrected chi connectivity index (χ3v) is 5.83. The van der Waals surface area contributed by atoms with Crippen LogP contribution in [0, 0.1) is 17.8 Å². The topological polar surface area (TPSA) is 111 Å². The second kappa shape index (κ2) is 9.02. The van der Waals surface area contributed by atoms with Crippen molar-refractivity contribution >= 4 is 16.9 Å². The molecule has 0 saturated carbocycles. The lowest BCUT2D eigenvalue weighted by atomic mass is 9.82. The van der Waals surface area contributed by atoms with Crippen molar-refractivity contribution in [1.29, 1.82) is 0 Å². The van der Waals surface area contributed by atoms with Crippen molar-refractivity contribution in [3.63, 3.8) is 0 Å². The van der Waals surface area contributed by atoms with E-state index in [9.17, 15) is 5.11 Å². The number of pyridine rings is 1. The van der Waals surface area contributed by atoms with Gasteiger partial charge in [-0.2, -0.15) is 0 Å². The summed E-state index contributed by atoms with van der Waals surface area (Å²) in [6, 6.07) is 3.78. The van der Waals surface area contributed by atoms with Gasteiger partial charge in [0.25, 0.3) is 0 Å². The average molecular weight is 421 g/mol. The highest BCUT2D eigenvalue weighted by Gasteiger charge is 2.31. The minimum atomic E-state index is -1.05. The van der Waals surface area contributed by atoms with Crippen LogP contribution in [-0.2, 0) is 11.3 Å². The number of piperidine rings is 1. The molecule has 0 bridgehead atoms. The molecule has 0 aliphatic carbocycles. The molecule has 0 spiro atoms. The van der Waals surface area contributed by atoms with E-state index < -0.39 is 5.60 Å². The lowest BCUT2D eigenvalue weighted by molar-refractivity contribution is 0.0403. The number of aromatic nitrogens is 4. The Kier molecular flexibility index (Phi) is 6.18. The van der Waals surface area contributed by atoms with Gasteiger partial charge in [0.2, 0.25) is 5.95 Å². The molecule has 1 fully saturated rings. The quantitative estimate of drug-likeness (QED) is 0.540. The van der Waals surface area contributed by atoms with Gasteiger partial charge in [-0.15, -0.1) is 0 Å². The van der Waals surface area contributed by atoms with Crippen LogP contribution in [0.2, 0.25) is 0 Å². The average Bonchev–Trinajstić information content (AvgIpc) is 3.15.